The van der Waals surface area contributed by atoms with Gasteiger partial charge in [0, 0.05) is 30.8 Å². The molecule has 2 aliphatic carbocycles. The summed E-state index contributed by atoms with van der Waals surface area (Å²) in [6.45, 7) is 4.56. The maximum atomic E-state index is 10.7. The van der Waals surface area contributed by atoms with Crippen LogP contribution in [-0.2, 0) is 7.05 Å². The molecule has 0 amide bonds. The smallest absolute Gasteiger partial charge is 0.132 e. The topological polar surface area (TPSA) is 89.8 Å². The molecule has 2 aromatic heterocycles. The predicted octanol–water partition coefficient (Wildman–Crippen LogP) is 3.97. The lowest BCUT2D eigenvalue weighted by Gasteiger charge is -2.29. The highest BCUT2D eigenvalue weighted by atomic mass is 16.3. The Kier molecular flexibility index (Phi) is 6.02. The minimum absolute atomic E-state index is 0.291. The zero-order valence-electron chi connectivity index (χ0n) is 18.0. The molecule has 0 saturated heterocycles. The van der Waals surface area contributed by atoms with Crippen molar-refractivity contribution < 1.29 is 5.11 Å². The first-order valence-corrected chi connectivity index (χ1v) is 11.2. The van der Waals surface area contributed by atoms with E-state index in [9.17, 15) is 5.11 Å². The van der Waals surface area contributed by atoms with Crippen LogP contribution < -0.4 is 5.73 Å². The van der Waals surface area contributed by atoms with Crippen molar-refractivity contribution in [3.05, 3.63) is 30.0 Å². The number of aromatic nitrogens is 4. The van der Waals surface area contributed by atoms with E-state index in [1.54, 1.807) is 4.68 Å². The maximum Gasteiger partial charge on any atom is 0.132 e. The summed E-state index contributed by atoms with van der Waals surface area (Å²) in [5.41, 5.74) is 8.72. The summed E-state index contributed by atoms with van der Waals surface area (Å²) in [7, 11) is 1.90. The Labute approximate surface area is 173 Å². The SMILES string of the molecule is CC(c1nccc(-c2cnn(C)c2C(O)C2CC2)n1)[C@H](C)CC1CCC(N)CC1. The van der Waals surface area contributed by atoms with Crippen LogP contribution in [-0.4, -0.2) is 30.9 Å². The molecule has 3 atom stereocenters. The van der Waals surface area contributed by atoms with Crippen molar-refractivity contribution in [1.82, 2.24) is 19.7 Å². The predicted molar refractivity (Wildman–Crippen MR) is 114 cm³/mol. The largest absolute Gasteiger partial charge is 0.387 e. The van der Waals surface area contributed by atoms with E-state index in [0.717, 1.165) is 54.4 Å². The van der Waals surface area contributed by atoms with E-state index in [1.165, 1.54) is 19.3 Å². The van der Waals surface area contributed by atoms with Gasteiger partial charge in [-0.3, -0.25) is 4.68 Å². The van der Waals surface area contributed by atoms with Crippen LogP contribution in [0.25, 0.3) is 11.3 Å². The Hall–Kier alpha value is -1.79. The highest BCUT2D eigenvalue weighted by Crippen LogP contribution is 2.43. The van der Waals surface area contributed by atoms with Crippen LogP contribution >= 0.6 is 0 Å². The van der Waals surface area contributed by atoms with Crippen LogP contribution in [0, 0.1) is 17.8 Å². The fourth-order valence-corrected chi connectivity index (χ4v) is 4.78. The van der Waals surface area contributed by atoms with Gasteiger partial charge in [0.05, 0.1) is 23.7 Å². The van der Waals surface area contributed by atoms with Gasteiger partial charge >= 0.3 is 0 Å². The van der Waals surface area contributed by atoms with Gasteiger partial charge in [-0.15, -0.1) is 0 Å². The Morgan fingerprint density at radius 3 is 2.59 bits per heavy atom. The molecule has 0 radical (unpaired) electrons. The minimum Gasteiger partial charge on any atom is -0.387 e. The Morgan fingerprint density at radius 2 is 1.90 bits per heavy atom. The third-order valence-corrected chi connectivity index (χ3v) is 7.14. The summed E-state index contributed by atoms with van der Waals surface area (Å²) >= 11 is 0. The van der Waals surface area contributed by atoms with Crippen LogP contribution in [0.4, 0.5) is 0 Å². The lowest BCUT2D eigenvalue weighted by Crippen LogP contribution is -2.27. The second-order valence-electron chi connectivity index (χ2n) is 9.43. The molecule has 29 heavy (non-hydrogen) atoms. The summed E-state index contributed by atoms with van der Waals surface area (Å²) in [6.07, 6.45) is 11.4. The molecular weight excluding hydrogens is 362 g/mol. The number of aliphatic hydroxyl groups is 1. The number of rotatable bonds is 7. The molecule has 0 spiro atoms. The third kappa shape index (κ3) is 4.53. The fraction of sp³-hybridized carbons (Fsp3) is 0.696. The second-order valence-corrected chi connectivity index (χ2v) is 9.43. The second kappa shape index (κ2) is 8.52. The van der Waals surface area contributed by atoms with Gasteiger partial charge < -0.3 is 10.8 Å². The molecule has 2 heterocycles. The number of hydrogen-bond donors (Lipinski definition) is 2. The molecule has 2 aliphatic rings. The first-order chi connectivity index (χ1) is 13.9. The zero-order valence-corrected chi connectivity index (χ0v) is 18.0. The summed E-state index contributed by atoms with van der Waals surface area (Å²) in [5, 5.41) is 15.1. The molecule has 2 unspecified atom stereocenters. The minimum atomic E-state index is -0.468. The number of hydrogen-bond acceptors (Lipinski definition) is 5. The van der Waals surface area contributed by atoms with Gasteiger partial charge in [0.2, 0.25) is 0 Å². The molecule has 4 rings (SSSR count). The molecule has 158 valence electrons. The van der Waals surface area contributed by atoms with E-state index in [4.69, 9.17) is 10.7 Å². The van der Waals surface area contributed by atoms with Crippen LogP contribution in [0.1, 0.15) is 82.3 Å². The van der Waals surface area contributed by atoms with Crippen LogP contribution in [0.2, 0.25) is 0 Å². The molecule has 6 heteroatoms. The molecule has 2 saturated carbocycles. The van der Waals surface area contributed by atoms with Gasteiger partial charge in [0.15, 0.2) is 0 Å². The summed E-state index contributed by atoms with van der Waals surface area (Å²) in [6, 6.07) is 2.34. The van der Waals surface area contributed by atoms with Gasteiger partial charge in [-0.1, -0.05) is 13.8 Å². The van der Waals surface area contributed by atoms with Gasteiger partial charge in [0.25, 0.3) is 0 Å². The van der Waals surface area contributed by atoms with E-state index in [1.807, 2.05) is 25.5 Å². The summed E-state index contributed by atoms with van der Waals surface area (Å²) in [5.74, 6) is 2.83. The molecule has 0 aromatic carbocycles. The van der Waals surface area contributed by atoms with Crippen molar-refractivity contribution in [3.63, 3.8) is 0 Å². The molecular formula is C23H35N5O. The van der Waals surface area contributed by atoms with E-state index in [2.05, 4.69) is 23.9 Å². The highest BCUT2D eigenvalue weighted by Gasteiger charge is 2.34. The Bertz CT molecular complexity index is 822. The lowest BCUT2D eigenvalue weighted by atomic mass is 9.78. The van der Waals surface area contributed by atoms with E-state index in [0.29, 0.717) is 23.8 Å². The summed E-state index contributed by atoms with van der Waals surface area (Å²) in [4.78, 5) is 9.51. The van der Waals surface area contributed by atoms with Crippen molar-refractivity contribution >= 4 is 0 Å². The highest BCUT2D eigenvalue weighted by molar-refractivity contribution is 5.61. The lowest BCUT2D eigenvalue weighted by molar-refractivity contribution is 0.145. The molecule has 0 bridgehead atoms. The van der Waals surface area contributed by atoms with Gasteiger partial charge in [-0.2, -0.15) is 5.10 Å². The van der Waals surface area contributed by atoms with Gasteiger partial charge in [-0.05, 0) is 68.8 Å². The number of nitrogens with zero attached hydrogens (tertiary/aromatic N) is 4. The zero-order chi connectivity index (χ0) is 20.5. The van der Waals surface area contributed by atoms with Crippen molar-refractivity contribution in [2.24, 2.45) is 30.5 Å². The van der Waals surface area contributed by atoms with Gasteiger partial charge in [-0.25, -0.2) is 9.97 Å². The maximum absolute atomic E-state index is 10.7. The van der Waals surface area contributed by atoms with Crippen molar-refractivity contribution in [3.8, 4) is 11.3 Å². The molecule has 6 nitrogen and oxygen atoms in total. The fourth-order valence-electron chi connectivity index (χ4n) is 4.78. The van der Waals surface area contributed by atoms with Crippen molar-refractivity contribution in [1.29, 1.82) is 0 Å². The number of aryl methyl sites for hydroxylation is 1. The average Bonchev–Trinajstić information content (AvgIpc) is 3.50. The molecule has 2 aromatic rings. The van der Waals surface area contributed by atoms with E-state index in [-0.39, 0.29) is 0 Å². The van der Waals surface area contributed by atoms with Crippen LogP contribution in [0.15, 0.2) is 18.5 Å². The monoisotopic (exact) mass is 397 g/mol. The first-order valence-electron chi connectivity index (χ1n) is 11.2. The summed E-state index contributed by atoms with van der Waals surface area (Å²) < 4.78 is 1.79. The molecule has 2 fully saturated rings. The quantitative estimate of drug-likeness (QED) is 0.738. The Balaban J connectivity index is 1.50. The standard InChI is InChI=1S/C23H35N5O/c1-14(12-16-4-8-18(24)9-5-16)15(2)23-25-11-10-20(27-23)19-13-26-28(3)21(19)22(29)17-6-7-17/h10-11,13-18,22,29H,4-9,12,24H2,1-3H3/t14-,15?,16?,18?,22?/m1/s1. The van der Waals surface area contributed by atoms with Gasteiger partial charge in [0.1, 0.15) is 5.82 Å². The van der Waals surface area contributed by atoms with Crippen LogP contribution in [0.3, 0.4) is 0 Å². The number of aliphatic hydroxyl groups excluding tert-OH is 1. The van der Waals surface area contributed by atoms with Crippen molar-refractivity contribution in [2.45, 2.75) is 76.9 Å². The molecule has 3 N–H and O–H groups in total. The third-order valence-electron chi connectivity index (χ3n) is 7.14. The first kappa shape index (κ1) is 20.5. The van der Waals surface area contributed by atoms with Crippen molar-refractivity contribution in [2.75, 3.05) is 0 Å². The van der Waals surface area contributed by atoms with E-state index >= 15 is 0 Å². The Morgan fingerprint density at radius 1 is 1.17 bits per heavy atom. The van der Waals surface area contributed by atoms with Crippen LogP contribution in [0.5, 0.6) is 0 Å². The average molecular weight is 398 g/mol. The number of nitrogens with two attached hydrogens (primary N) is 1. The normalized spacial score (nSPS) is 25.6. The molecule has 0 aliphatic heterocycles. The van der Waals surface area contributed by atoms with E-state index < -0.39 is 6.10 Å².